The molecule has 0 saturated heterocycles. The van der Waals surface area contributed by atoms with Crippen molar-refractivity contribution in [3.05, 3.63) is 46.9 Å². The first-order valence-corrected chi connectivity index (χ1v) is 5.64. The van der Waals surface area contributed by atoms with Crippen LogP contribution in [0.1, 0.15) is 15.9 Å². The van der Waals surface area contributed by atoms with E-state index in [0.717, 1.165) is 17.3 Å². The van der Waals surface area contributed by atoms with E-state index in [9.17, 15) is 9.59 Å². The summed E-state index contributed by atoms with van der Waals surface area (Å²) in [6, 6.07) is 7.10. The second-order valence-corrected chi connectivity index (χ2v) is 4.37. The Labute approximate surface area is 98.2 Å². The van der Waals surface area contributed by atoms with E-state index in [1.54, 1.807) is 12.1 Å². The van der Waals surface area contributed by atoms with Crippen LogP contribution in [0.2, 0.25) is 0 Å². The quantitative estimate of drug-likeness (QED) is 0.630. The molecular formula is C12H12O3S. The Morgan fingerprint density at radius 1 is 1.31 bits per heavy atom. The van der Waals surface area contributed by atoms with Gasteiger partial charge in [0.1, 0.15) is 0 Å². The number of benzene rings is 1. The van der Waals surface area contributed by atoms with E-state index in [1.165, 1.54) is 0 Å². The summed E-state index contributed by atoms with van der Waals surface area (Å²) >= 11 is 0.948. The molecule has 16 heavy (non-hydrogen) atoms. The van der Waals surface area contributed by atoms with Gasteiger partial charge in [0.2, 0.25) is 0 Å². The highest BCUT2D eigenvalue weighted by molar-refractivity contribution is 8.04. The number of Topliss-reactive ketones (excluding diaryl/α,β-unsaturated/α-hetero) is 1. The van der Waals surface area contributed by atoms with Gasteiger partial charge in [-0.1, -0.05) is 36.4 Å². The predicted molar refractivity (Wildman–Crippen MR) is 64.7 cm³/mol. The van der Waals surface area contributed by atoms with Gasteiger partial charge in [-0.05, 0) is 6.92 Å². The fraction of sp³-hybridized carbons (Fsp3) is 0.167. The molecule has 1 N–H and O–H groups in total. The van der Waals surface area contributed by atoms with Crippen LogP contribution in [-0.4, -0.2) is 22.6 Å². The Hall–Kier alpha value is -1.55. The number of allylic oxidation sites excluding steroid dienone is 1. The smallest absolute Gasteiger partial charge is 0.313 e. The average Bonchev–Trinajstić information content (AvgIpc) is 2.26. The summed E-state index contributed by atoms with van der Waals surface area (Å²) in [7, 11) is 0. The molecule has 1 aromatic carbocycles. The molecule has 0 atom stereocenters. The molecule has 0 spiro atoms. The van der Waals surface area contributed by atoms with Crippen molar-refractivity contribution in [1.82, 2.24) is 0 Å². The van der Waals surface area contributed by atoms with Crippen molar-refractivity contribution < 1.29 is 14.7 Å². The summed E-state index contributed by atoms with van der Waals surface area (Å²) in [6.45, 7) is 5.51. The number of carbonyl (C=O) groups is 2. The summed E-state index contributed by atoms with van der Waals surface area (Å²) in [6.07, 6.45) is 0. The number of hydrogen-bond acceptors (Lipinski definition) is 3. The van der Waals surface area contributed by atoms with Crippen LogP contribution < -0.4 is 0 Å². The van der Waals surface area contributed by atoms with Crippen LogP contribution in [0, 0.1) is 6.92 Å². The minimum atomic E-state index is -0.956. The number of aliphatic carboxylic acids is 1. The van der Waals surface area contributed by atoms with Crippen LogP contribution in [0.25, 0.3) is 0 Å². The molecule has 0 aliphatic heterocycles. The number of ketones is 1. The molecule has 0 aromatic heterocycles. The molecule has 0 heterocycles. The molecule has 0 saturated carbocycles. The lowest BCUT2D eigenvalue weighted by atomic mass is 10.1. The fourth-order valence-corrected chi connectivity index (χ4v) is 1.63. The van der Waals surface area contributed by atoms with Gasteiger partial charge in [0.05, 0.1) is 5.75 Å². The number of rotatable bonds is 5. The lowest BCUT2D eigenvalue weighted by Gasteiger charge is -2.03. The molecule has 0 aliphatic carbocycles. The number of carbonyl (C=O) groups excluding carboxylic acids is 1. The molecule has 0 aliphatic rings. The van der Waals surface area contributed by atoms with Crippen molar-refractivity contribution in [1.29, 1.82) is 0 Å². The van der Waals surface area contributed by atoms with Crippen molar-refractivity contribution in [3.63, 3.8) is 0 Å². The van der Waals surface area contributed by atoms with Gasteiger partial charge in [0.15, 0.2) is 5.78 Å². The van der Waals surface area contributed by atoms with Crippen LogP contribution >= 0.6 is 11.8 Å². The summed E-state index contributed by atoms with van der Waals surface area (Å²) in [5, 5.41) is 8.48. The molecular weight excluding hydrogens is 224 g/mol. The Morgan fingerprint density at radius 2 is 1.88 bits per heavy atom. The maximum Gasteiger partial charge on any atom is 0.313 e. The number of carboxylic acids is 1. The van der Waals surface area contributed by atoms with Crippen molar-refractivity contribution >= 4 is 23.5 Å². The van der Waals surface area contributed by atoms with Gasteiger partial charge < -0.3 is 5.11 Å². The zero-order valence-electron chi connectivity index (χ0n) is 8.90. The second-order valence-electron chi connectivity index (χ2n) is 3.30. The zero-order valence-corrected chi connectivity index (χ0v) is 9.71. The van der Waals surface area contributed by atoms with Crippen LogP contribution in [-0.2, 0) is 4.79 Å². The van der Waals surface area contributed by atoms with Crippen molar-refractivity contribution in [3.8, 4) is 0 Å². The molecule has 0 bridgehead atoms. The Kier molecular flexibility index (Phi) is 4.31. The summed E-state index contributed by atoms with van der Waals surface area (Å²) in [5.41, 5.74) is 1.61. The van der Waals surface area contributed by atoms with Crippen molar-refractivity contribution in [2.75, 3.05) is 5.75 Å². The predicted octanol–water partition coefficient (Wildman–Crippen LogP) is 2.51. The largest absolute Gasteiger partial charge is 0.481 e. The highest BCUT2D eigenvalue weighted by Gasteiger charge is 2.11. The highest BCUT2D eigenvalue weighted by atomic mass is 32.2. The average molecular weight is 236 g/mol. The van der Waals surface area contributed by atoms with Gasteiger partial charge in [-0.15, -0.1) is 11.8 Å². The molecule has 4 heteroatoms. The summed E-state index contributed by atoms with van der Waals surface area (Å²) < 4.78 is 0. The first-order valence-electron chi connectivity index (χ1n) is 4.65. The van der Waals surface area contributed by atoms with Crippen LogP contribution in [0.3, 0.4) is 0 Å². The maximum absolute atomic E-state index is 11.8. The Bertz CT molecular complexity index is 420. The Morgan fingerprint density at radius 3 is 2.38 bits per heavy atom. The second kappa shape index (κ2) is 5.51. The SMILES string of the molecule is C=C(SCC(=O)O)C(=O)c1ccc(C)cc1. The number of hydrogen-bond donors (Lipinski definition) is 1. The summed E-state index contributed by atoms with van der Waals surface area (Å²) in [5.74, 6) is -1.31. The highest BCUT2D eigenvalue weighted by Crippen LogP contribution is 2.18. The maximum atomic E-state index is 11.8. The van der Waals surface area contributed by atoms with Gasteiger partial charge in [0, 0.05) is 10.5 Å². The topological polar surface area (TPSA) is 54.4 Å². The molecule has 84 valence electrons. The first-order chi connectivity index (χ1) is 7.50. The molecule has 1 aromatic rings. The minimum Gasteiger partial charge on any atom is -0.481 e. The van der Waals surface area contributed by atoms with Gasteiger partial charge in [-0.2, -0.15) is 0 Å². The monoisotopic (exact) mass is 236 g/mol. The van der Waals surface area contributed by atoms with E-state index in [2.05, 4.69) is 6.58 Å². The van der Waals surface area contributed by atoms with E-state index in [-0.39, 0.29) is 16.4 Å². The van der Waals surface area contributed by atoms with Gasteiger partial charge in [0.25, 0.3) is 0 Å². The standard InChI is InChI=1S/C12H12O3S/c1-8-3-5-10(6-4-8)12(15)9(2)16-7-11(13)14/h3-6H,2,7H2,1H3,(H,13,14). The third-order valence-electron chi connectivity index (χ3n) is 1.94. The van der Waals surface area contributed by atoms with Gasteiger partial charge in [-0.25, -0.2) is 0 Å². The van der Waals surface area contributed by atoms with E-state index in [0.29, 0.717) is 5.56 Å². The van der Waals surface area contributed by atoms with Gasteiger partial charge >= 0.3 is 5.97 Å². The van der Waals surface area contributed by atoms with Gasteiger partial charge in [-0.3, -0.25) is 9.59 Å². The Balaban J connectivity index is 2.67. The van der Waals surface area contributed by atoms with E-state index < -0.39 is 5.97 Å². The van der Waals surface area contributed by atoms with E-state index >= 15 is 0 Å². The molecule has 3 nitrogen and oxygen atoms in total. The zero-order chi connectivity index (χ0) is 12.1. The number of aryl methyl sites for hydroxylation is 1. The third-order valence-corrected chi connectivity index (χ3v) is 2.86. The molecule has 0 amide bonds. The fourth-order valence-electron chi connectivity index (χ4n) is 1.08. The molecule has 0 radical (unpaired) electrons. The van der Waals surface area contributed by atoms with Crippen LogP contribution in [0.5, 0.6) is 0 Å². The van der Waals surface area contributed by atoms with E-state index in [1.807, 2.05) is 19.1 Å². The third kappa shape index (κ3) is 3.55. The van der Waals surface area contributed by atoms with Crippen LogP contribution in [0.4, 0.5) is 0 Å². The number of thioether (sulfide) groups is 1. The van der Waals surface area contributed by atoms with Crippen molar-refractivity contribution in [2.24, 2.45) is 0 Å². The lowest BCUT2D eigenvalue weighted by molar-refractivity contribution is -0.133. The van der Waals surface area contributed by atoms with Crippen molar-refractivity contribution in [2.45, 2.75) is 6.92 Å². The van der Waals surface area contributed by atoms with Crippen LogP contribution in [0.15, 0.2) is 35.7 Å². The lowest BCUT2D eigenvalue weighted by Crippen LogP contribution is -2.04. The molecule has 1 rings (SSSR count). The molecule has 0 unspecified atom stereocenters. The van der Waals surface area contributed by atoms with E-state index in [4.69, 9.17) is 5.11 Å². The number of carboxylic acid groups (broad SMARTS) is 1. The normalized spacial score (nSPS) is 9.81. The summed E-state index contributed by atoms with van der Waals surface area (Å²) in [4.78, 5) is 22.3. The first kappa shape index (κ1) is 12.5. The minimum absolute atomic E-state index is 0.142. The molecule has 0 fully saturated rings.